The third kappa shape index (κ3) is 4.12. The fourth-order valence-electron chi connectivity index (χ4n) is 6.81. The van der Waals surface area contributed by atoms with E-state index in [9.17, 15) is 34.8 Å². The predicted molar refractivity (Wildman–Crippen MR) is 153 cm³/mol. The summed E-state index contributed by atoms with van der Waals surface area (Å²) in [5, 5.41) is 45.8. The molecule has 5 rings (SSSR count). The molecule has 6 N–H and O–H groups in total. The number of nitrogens with zero attached hydrogens (tertiary/aromatic N) is 3. The van der Waals surface area contributed by atoms with Crippen molar-refractivity contribution < 1.29 is 39.2 Å². The molecule has 1 aromatic heterocycles. The molecule has 42 heavy (non-hydrogen) atoms. The van der Waals surface area contributed by atoms with Gasteiger partial charge >= 0.3 is 0 Å². The topological polar surface area (TPSA) is 181 Å². The quantitative estimate of drug-likeness (QED) is 0.313. The summed E-state index contributed by atoms with van der Waals surface area (Å²) >= 11 is 0. The first-order valence-electron chi connectivity index (χ1n) is 13.6. The Bertz CT molecular complexity index is 1580. The number of hydrogen-bond donors (Lipinski definition) is 5. The van der Waals surface area contributed by atoms with E-state index in [0.29, 0.717) is 29.3 Å². The number of fused-ring (bicyclic) bond motifs is 3. The molecule has 0 saturated carbocycles. The highest BCUT2D eigenvalue weighted by Crippen LogP contribution is 2.54. The van der Waals surface area contributed by atoms with Crippen molar-refractivity contribution in [3.63, 3.8) is 0 Å². The Hall–Kier alpha value is -4.13. The molecule has 0 saturated heterocycles. The monoisotopic (exact) mass is 580 g/mol. The molecule has 0 spiro atoms. The molecule has 2 aromatic rings. The van der Waals surface area contributed by atoms with E-state index in [-0.39, 0.29) is 35.3 Å². The first kappa shape index (κ1) is 29.4. The van der Waals surface area contributed by atoms with Crippen molar-refractivity contribution in [2.24, 2.45) is 17.6 Å². The number of carbonyl (C=O) groups is 3. The van der Waals surface area contributed by atoms with Crippen LogP contribution in [0.15, 0.2) is 45.3 Å². The van der Waals surface area contributed by atoms with Crippen LogP contribution in [0.4, 0.5) is 5.69 Å². The zero-order valence-corrected chi connectivity index (χ0v) is 24.4. The summed E-state index contributed by atoms with van der Waals surface area (Å²) < 4.78 is 5.97. The summed E-state index contributed by atoms with van der Waals surface area (Å²) in [6.45, 7) is 0.520. The third-order valence-corrected chi connectivity index (χ3v) is 8.58. The Kier molecular flexibility index (Phi) is 6.99. The summed E-state index contributed by atoms with van der Waals surface area (Å²) in [7, 11) is 10.6. The van der Waals surface area contributed by atoms with Crippen molar-refractivity contribution in [2.75, 3.05) is 47.2 Å². The molecule has 4 atom stereocenters. The number of carbonyl (C=O) groups excluding carboxylic acids is 3. The van der Waals surface area contributed by atoms with Gasteiger partial charge in [-0.1, -0.05) is 0 Å². The Morgan fingerprint density at radius 2 is 1.76 bits per heavy atom. The van der Waals surface area contributed by atoms with Crippen molar-refractivity contribution in [1.29, 1.82) is 0 Å². The minimum atomic E-state index is -2.69. The van der Waals surface area contributed by atoms with Gasteiger partial charge in [-0.3, -0.25) is 19.3 Å². The Labute approximate surface area is 242 Å². The predicted octanol–water partition coefficient (Wildman–Crippen LogP) is 1.51. The normalized spacial score (nSPS) is 25.6. The number of amides is 1. The first-order chi connectivity index (χ1) is 19.6. The molecule has 0 fully saturated rings. The Morgan fingerprint density at radius 3 is 2.33 bits per heavy atom. The number of aliphatic hydroxyl groups excluding tert-OH is 2. The number of primary amides is 1. The highest BCUT2D eigenvalue weighted by Gasteiger charge is 2.63. The average molecular weight is 581 g/mol. The number of nitrogens with two attached hydrogens (primary N) is 1. The van der Waals surface area contributed by atoms with Crippen LogP contribution in [0.25, 0.3) is 11.3 Å². The van der Waals surface area contributed by atoms with Gasteiger partial charge in [-0.25, -0.2) is 0 Å². The molecular formula is C30H36N4O8. The van der Waals surface area contributed by atoms with Crippen LogP contribution in [0.3, 0.4) is 0 Å². The van der Waals surface area contributed by atoms with E-state index < -0.39 is 58.0 Å². The van der Waals surface area contributed by atoms with Gasteiger partial charge in [-0.2, -0.15) is 0 Å². The minimum absolute atomic E-state index is 0.0211. The number of allylic oxidation sites excluding steroid dienone is 1. The second-order valence-electron chi connectivity index (χ2n) is 12.0. The third-order valence-electron chi connectivity index (χ3n) is 8.58. The van der Waals surface area contributed by atoms with E-state index >= 15 is 0 Å². The van der Waals surface area contributed by atoms with Crippen LogP contribution in [0, 0.1) is 11.8 Å². The van der Waals surface area contributed by atoms with Gasteiger partial charge in [0, 0.05) is 31.3 Å². The van der Waals surface area contributed by atoms with Crippen molar-refractivity contribution >= 4 is 23.2 Å². The summed E-state index contributed by atoms with van der Waals surface area (Å²) in [6.07, 6.45) is 0.215. The lowest BCUT2D eigenvalue weighted by molar-refractivity contribution is -0.148. The molecule has 224 valence electrons. The number of aromatic hydroxyl groups is 1. The standard InChI is InChI=1S/C30H36N4O8/c1-32(2)12-14-7-8-19(42-14)16-11-18(33(3)4)15-9-13-10-17-23(34(5)6)26(37)22(29(31)40)28(39)30(17,41)27(38)20(13)25(36)21(15)24(16)35/h7-8,11,13,17,23,35,37-38,41H,9-10,12H2,1-6H3,(H2,31,40)/t13-,17+,23?,30+/m0/s1. The number of aliphatic hydroxyl groups is 3. The molecule has 12 nitrogen and oxygen atoms in total. The van der Waals surface area contributed by atoms with Crippen molar-refractivity contribution in [3.05, 3.63) is 57.8 Å². The number of likely N-dealkylation sites (N-methyl/N-ethyl adjacent to an activating group) is 1. The van der Waals surface area contributed by atoms with Crippen LogP contribution in [0.5, 0.6) is 5.75 Å². The van der Waals surface area contributed by atoms with Gasteiger partial charge < -0.3 is 40.4 Å². The molecule has 12 heteroatoms. The van der Waals surface area contributed by atoms with Crippen LogP contribution in [0.2, 0.25) is 0 Å². The zero-order valence-electron chi connectivity index (χ0n) is 24.4. The minimum Gasteiger partial charge on any atom is -0.510 e. The fourth-order valence-corrected chi connectivity index (χ4v) is 6.81. The second-order valence-corrected chi connectivity index (χ2v) is 12.0. The molecule has 3 aliphatic carbocycles. The number of phenolic OH excluding ortho intramolecular Hbond substituents is 1. The van der Waals surface area contributed by atoms with Crippen LogP contribution < -0.4 is 10.6 Å². The number of phenols is 1. The number of furan rings is 1. The van der Waals surface area contributed by atoms with Gasteiger partial charge in [0.1, 0.15) is 34.4 Å². The number of anilines is 1. The lowest BCUT2D eigenvalue weighted by Crippen LogP contribution is -2.63. The largest absolute Gasteiger partial charge is 0.510 e. The molecule has 1 heterocycles. The van der Waals surface area contributed by atoms with Gasteiger partial charge in [0.2, 0.25) is 5.78 Å². The number of Topliss-reactive ketones (excluding diaryl/α,β-unsaturated/α-hetero) is 2. The maximum atomic E-state index is 14.2. The van der Waals surface area contributed by atoms with Crippen molar-refractivity contribution in [1.82, 2.24) is 9.80 Å². The number of hydrogen-bond acceptors (Lipinski definition) is 11. The van der Waals surface area contributed by atoms with Crippen LogP contribution >= 0.6 is 0 Å². The van der Waals surface area contributed by atoms with Crippen LogP contribution in [-0.4, -0.2) is 102 Å². The molecule has 1 amide bonds. The van der Waals surface area contributed by atoms with Gasteiger partial charge in [0.05, 0.1) is 23.7 Å². The summed E-state index contributed by atoms with van der Waals surface area (Å²) in [4.78, 5) is 45.1. The van der Waals surface area contributed by atoms with E-state index in [0.717, 1.165) is 0 Å². The van der Waals surface area contributed by atoms with Gasteiger partial charge in [-0.05, 0) is 70.7 Å². The van der Waals surface area contributed by atoms with E-state index in [2.05, 4.69) is 0 Å². The van der Waals surface area contributed by atoms with Gasteiger partial charge in [0.25, 0.3) is 5.91 Å². The summed E-state index contributed by atoms with van der Waals surface area (Å²) in [5.41, 5.74) is 3.06. The molecule has 1 unspecified atom stereocenters. The highest BCUT2D eigenvalue weighted by molar-refractivity contribution is 6.25. The van der Waals surface area contributed by atoms with E-state index in [1.807, 2.05) is 23.9 Å². The highest BCUT2D eigenvalue weighted by atomic mass is 16.4. The maximum absolute atomic E-state index is 14.2. The lowest BCUT2D eigenvalue weighted by Gasteiger charge is -2.50. The van der Waals surface area contributed by atoms with E-state index in [1.165, 1.54) is 4.90 Å². The molecule has 0 aliphatic heterocycles. The number of rotatable bonds is 6. The Morgan fingerprint density at radius 1 is 1.10 bits per heavy atom. The SMILES string of the molecule is CN(C)Cc1ccc(-c2cc(N(C)C)c3c(c2O)C(=O)C2=C(O)[C@@]4(O)C(=O)C(C(N)=O)=C(O)C(N(C)C)[C@H]4C[C@@H]2C3)o1. The van der Waals surface area contributed by atoms with Crippen molar-refractivity contribution in [2.45, 2.75) is 31.0 Å². The van der Waals surface area contributed by atoms with Gasteiger partial charge in [0.15, 0.2) is 11.4 Å². The van der Waals surface area contributed by atoms with E-state index in [4.69, 9.17) is 10.2 Å². The molecule has 1 aromatic carbocycles. The van der Waals surface area contributed by atoms with Gasteiger partial charge in [-0.15, -0.1) is 0 Å². The Balaban J connectivity index is 1.71. The average Bonchev–Trinajstić information content (AvgIpc) is 3.33. The zero-order chi connectivity index (χ0) is 31.0. The summed E-state index contributed by atoms with van der Waals surface area (Å²) in [5.74, 6) is -5.88. The molecule has 3 aliphatic rings. The van der Waals surface area contributed by atoms with Crippen LogP contribution in [-0.2, 0) is 22.6 Å². The van der Waals surface area contributed by atoms with E-state index in [1.54, 1.807) is 46.4 Å². The molecule has 0 bridgehead atoms. The molecule has 0 radical (unpaired) electrons. The second kappa shape index (κ2) is 10.0. The lowest BCUT2D eigenvalue weighted by atomic mass is 9.58. The summed E-state index contributed by atoms with van der Waals surface area (Å²) in [6, 6.07) is 4.18. The smallest absolute Gasteiger partial charge is 0.255 e. The van der Waals surface area contributed by atoms with Crippen LogP contribution in [0.1, 0.15) is 28.1 Å². The fraction of sp³-hybridized carbons (Fsp3) is 0.433. The van der Waals surface area contributed by atoms with Crippen molar-refractivity contribution in [3.8, 4) is 17.1 Å². The number of ketones is 2. The maximum Gasteiger partial charge on any atom is 0.255 e. The number of benzene rings is 1. The first-order valence-corrected chi connectivity index (χ1v) is 13.6. The molecular weight excluding hydrogens is 544 g/mol.